The first-order valence-electron chi connectivity index (χ1n) is 11.0. The summed E-state index contributed by atoms with van der Waals surface area (Å²) in [5.41, 5.74) is 2.45. The van der Waals surface area contributed by atoms with Crippen LogP contribution >= 0.6 is 11.6 Å². The Morgan fingerprint density at radius 1 is 1.11 bits per heavy atom. The lowest BCUT2D eigenvalue weighted by Crippen LogP contribution is -2.13. The van der Waals surface area contributed by atoms with Crippen molar-refractivity contribution in [2.75, 3.05) is 25.1 Å². The van der Waals surface area contributed by atoms with E-state index in [1.54, 1.807) is 25.1 Å². The van der Waals surface area contributed by atoms with Crippen molar-refractivity contribution in [1.29, 1.82) is 5.26 Å². The van der Waals surface area contributed by atoms with Gasteiger partial charge in [-0.05, 0) is 62.6 Å². The SMILES string of the molecule is CCOc1cc(/C=C(/C#N)C(=O)Nc2cc(C)on2)cc(Cl)c1OCCOc1c(C)cccc1C. The van der Waals surface area contributed by atoms with Gasteiger partial charge in [0.2, 0.25) is 0 Å². The second-order valence-corrected chi connectivity index (χ2v) is 8.03. The molecule has 0 aliphatic rings. The van der Waals surface area contributed by atoms with Crippen LogP contribution < -0.4 is 19.5 Å². The van der Waals surface area contributed by atoms with Crippen LogP contribution in [-0.4, -0.2) is 30.9 Å². The molecule has 0 aliphatic carbocycles. The number of amides is 1. The number of nitrogens with one attached hydrogen (secondary N) is 1. The molecule has 1 N–H and O–H groups in total. The summed E-state index contributed by atoms with van der Waals surface area (Å²) >= 11 is 6.47. The zero-order valence-electron chi connectivity index (χ0n) is 20.0. The molecule has 0 saturated carbocycles. The highest BCUT2D eigenvalue weighted by atomic mass is 35.5. The molecule has 0 bridgehead atoms. The van der Waals surface area contributed by atoms with Crippen molar-refractivity contribution < 1.29 is 23.5 Å². The third kappa shape index (κ3) is 6.78. The molecule has 3 aromatic rings. The normalized spacial score (nSPS) is 11.0. The molecule has 1 heterocycles. The molecule has 2 aromatic carbocycles. The highest BCUT2D eigenvalue weighted by Gasteiger charge is 2.16. The van der Waals surface area contributed by atoms with Crippen LogP contribution in [0.1, 0.15) is 29.4 Å². The van der Waals surface area contributed by atoms with E-state index in [1.165, 1.54) is 6.08 Å². The Kier molecular flexibility index (Phi) is 8.76. The van der Waals surface area contributed by atoms with Crippen molar-refractivity contribution in [2.24, 2.45) is 0 Å². The van der Waals surface area contributed by atoms with Gasteiger partial charge in [0.15, 0.2) is 17.3 Å². The second kappa shape index (κ2) is 12.0. The first kappa shape index (κ1) is 25.7. The topological polar surface area (TPSA) is 107 Å². The standard InChI is InChI=1S/C26H26ClN3O5/c1-5-32-22-14-19(12-20(15-28)26(31)29-23-11-18(4)35-30-23)13-21(27)25(22)34-10-9-33-24-16(2)7-6-8-17(24)3/h6-8,11-14H,5,9-10H2,1-4H3,(H,29,30,31)/b20-12-. The summed E-state index contributed by atoms with van der Waals surface area (Å²) in [5.74, 6) is 1.70. The van der Waals surface area contributed by atoms with Gasteiger partial charge in [-0.15, -0.1) is 0 Å². The lowest BCUT2D eigenvalue weighted by Gasteiger charge is -2.16. The maximum atomic E-state index is 12.5. The number of para-hydroxylation sites is 1. The summed E-state index contributed by atoms with van der Waals surface area (Å²) in [4.78, 5) is 12.5. The third-order valence-corrected chi connectivity index (χ3v) is 5.14. The Balaban J connectivity index is 1.73. The third-order valence-electron chi connectivity index (χ3n) is 4.86. The molecular formula is C26H26ClN3O5. The van der Waals surface area contributed by atoms with Gasteiger partial charge in [-0.2, -0.15) is 5.26 Å². The molecule has 9 heteroatoms. The molecule has 0 atom stereocenters. The van der Waals surface area contributed by atoms with Crippen LogP contribution in [0.3, 0.4) is 0 Å². The van der Waals surface area contributed by atoms with E-state index in [-0.39, 0.29) is 23.0 Å². The summed E-state index contributed by atoms with van der Waals surface area (Å²) in [7, 11) is 0. The number of aromatic nitrogens is 1. The van der Waals surface area contributed by atoms with Crippen molar-refractivity contribution in [3.05, 3.63) is 69.4 Å². The fraction of sp³-hybridized carbons (Fsp3) is 0.269. The van der Waals surface area contributed by atoms with Crippen molar-refractivity contribution in [1.82, 2.24) is 5.16 Å². The van der Waals surface area contributed by atoms with E-state index >= 15 is 0 Å². The summed E-state index contributed by atoms with van der Waals surface area (Å²) in [6, 6.07) is 12.6. The van der Waals surface area contributed by atoms with Gasteiger partial charge in [0, 0.05) is 6.07 Å². The van der Waals surface area contributed by atoms with Crippen molar-refractivity contribution >= 4 is 29.4 Å². The number of halogens is 1. The van der Waals surface area contributed by atoms with Crippen LogP contribution in [0.5, 0.6) is 17.2 Å². The molecule has 182 valence electrons. The highest BCUT2D eigenvalue weighted by Crippen LogP contribution is 2.37. The minimum Gasteiger partial charge on any atom is -0.490 e. The lowest BCUT2D eigenvalue weighted by atomic mass is 10.1. The Hall–Kier alpha value is -3.96. The first-order valence-corrected chi connectivity index (χ1v) is 11.3. The number of hydrogen-bond acceptors (Lipinski definition) is 7. The van der Waals surface area contributed by atoms with E-state index < -0.39 is 5.91 Å². The van der Waals surface area contributed by atoms with Crippen LogP contribution in [0.15, 0.2) is 46.5 Å². The van der Waals surface area contributed by atoms with Crippen LogP contribution in [0, 0.1) is 32.1 Å². The van der Waals surface area contributed by atoms with Crippen molar-refractivity contribution in [3.63, 3.8) is 0 Å². The van der Waals surface area contributed by atoms with Crippen molar-refractivity contribution in [3.8, 4) is 23.3 Å². The molecule has 1 amide bonds. The van der Waals surface area contributed by atoms with Crippen LogP contribution in [0.25, 0.3) is 6.08 Å². The molecule has 0 spiro atoms. The fourth-order valence-corrected chi connectivity index (χ4v) is 3.59. The summed E-state index contributed by atoms with van der Waals surface area (Å²) in [6.45, 7) is 8.43. The summed E-state index contributed by atoms with van der Waals surface area (Å²) < 4.78 is 22.4. The van der Waals surface area contributed by atoms with Crippen LogP contribution in [-0.2, 0) is 4.79 Å². The number of carbonyl (C=O) groups excluding carboxylic acids is 1. The second-order valence-electron chi connectivity index (χ2n) is 7.63. The Morgan fingerprint density at radius 3 is 2.40 bits per heavy atom. The zero-order chi connectivity index (χ0) is 25.4. The number of aryl methyl sites for hydroxylation is 3. The molecule has 0 fully saturated rings. The molecule has 8 nitrogen and oxygen atoms in total. The minimum atomic E-state index is -0.626. The Bertz CT molecular complexity index is 1260. The monoisotopic (exact) mass is 495 g/mol. The summed E-state index contributed by atoms with van der Waals surface area (Å²) in [6.07, 6.45) is 1.41. The quantitative estimate of drug-likeness (QED) is 0.220. The molecule has 1 aromatic heterocycles. The smallest absolute Gasteiger partial charge is 0.267 e. The van der Waals surface area contributed by atoms with Gasteiger partial charge in [0.1, 0.15) is 36.4 Å². The van der Waals surface area contributed by atoms with Crippen molar-refractivity contribution in [2.45, 2.75) is 27.7 Å². The predicted octanol–water partition coefficient (Wildman–Crippen LogP) is 5.66. The average molecular weight is 496 g/mol. The number of nitriles is 1. The van der Waals surface area contributed by atoms with E-state index in [2.05, 4.69) is 10.5 Å². The number of ether oxygens (including phenoxy) is 3. The van der Waals surface area contributed by atoms with E-state index in [0.29, 0.717) is 36.0 Å². The van der Waals surface area contributed by atoms with E-state index in [9.17, 15) is 10.1 Å². The number of nitrogens with zero attached hydrogens (tertiary/aromatic N) is 2. The van der Waals surface area contributed by atoms with Crippen LogP contribution in [0.2, 0.25) is 5.02 Å². The molecule has 3 rings (SSSR count). The molecule has 0 aliphatic heterocycles. The largest absolute Gasteiger partial charge is 0.490 e. The molecule has 0 saturated heterocycles. The molecule has 35 heavy (non-hydrogen) atoms. The molecule has 0 unspecified atom stereocenters. The number of carbonyl (C=O) groups is 1. The van der Waals surface area contributed by atoms with Gasteiger partial charge in [0.25, 0.3) is 5.91 Å². The van der Waals surface area contributed by atoms with Gasteiger partial charge in [-0.25, -0.2) is 0 Å². The Labute approximate surface area is 209 Å². The minimum absolute atomic E-state index is 0.139. The predicted molar refractivity (Wildman–Crippen MR) is 133 cm³/mol. The number of hydrogen-bond donors (Lipinski definition) is 1. The van der Waals surface area contributed by atoms with Gasteiger partial charge in [-0.3, -0.25) is 4.79 Å². The van der Waals surface area contributed by atoms with Gasteiger partial charge in [-0.1, -0.05) is 35.0 Å². The van der Waals surface area contributed by atoms with Crippen LogP contribution in [0.4, 0.5) is 5.82 Å². The fourth-order valence-electron chi connectivity index (χ4n) is 3.31. The zero-order valence-corrected chi connectivity index (χ0v) is 20.7. The maximum absolute atomic E-state index is 12.5. The number of benzene rings is 2. The van der Waals surface area contributed by atoms with E-state index in [1.807, 2.05) is 45.0 Å². The average Bonchev–Trinajstić information content (AvgIpc) is 3.22. The molecule has 0 radical (unpaired) electrons. The highest BCUT2D eigenvalue weighted by molar-refractivity contribution is 6.32. The van der Waals surface area contributed by atoms with Gasteiger partial charge in [0.05, 0.1) is 11.6 Å². The number of rotatable bonds is 10. The summed E-state index contributed by atoms with van der Waals surface area (Å²) in [5, 5.41) is 16.0. The first-order chi connectivity index (χ1) is 16.8. The van der Waals surface area contributed by atoms with E-state index in [4.69, 9.17) is 30.3 Å². The number of anilines is 1. The maximum Gasteiger partial charge on any atom is 0.267 e. The van der Waals surface area contributed by atoms with Gasteiger partial charge < -0.3 is 24.1 Å². The Morgan fingerprint density at radius 2 is 1.80 bits per heavy atom. The van der Waals surface area contributed by atoms with E-state index in [0.717, 1.165) is 16.9 Å². The molecular weight excluding hydrogens is 470 g/mol. The lowest BCUT2D eigenvalue weighted by molar-refractivity contribution is -0.112. The van der Waals surface area contributed by atoms with Gasteiger partial charge >= 0.3 is 0 Å².